The third-order valence-electron chi connectivity index (χ3n) is 5.48. The van der Waals surface area contributed by atoms with E-state index in [1.807, 2.05) is 0 Å². The van der Waals surface area contributed by atoms with E-state index in [-0.39, 0.29) is 18.6 Å². The molecule has 4 atom stereocenters. The van der Waals surface area contributed by atoms with Gasteiger partial charge in [-0.3, -0.25) is 19.2 Å². The molecule has 0 bridgehead atoms. The number of carboxylic acid groups (broad SMARTS) is 1. The van der Waals surface area contributed by atoms with E-state index in [9.17, 15) is 39.3 Å². The normalized spacial score (nSPS) is 13.8. The number of hydrogen-bond acceptors (Lipinski definition) is 8. The minimum Gasteiger partial charge on any atom is -0.508 e. The van der Waals surface area contributed by atoms with E-state index < -0.39 is 66.8 Å². The summed E-state index contributed by atoms with van der Waals surface area (Å²) in [5, 5.41) is 35.3. The number of nitrogens with one attached hydrogen (secondary N) is 3. The van der Waals surface area contributed by atoms with Gasteiger partial charge in [0.1, 0.15) is 23.9 Å². The van der Waals surface area contributed by atoms with Crippen molar-refractivity contribution in [3.8, 4) is 5.75 Å². The molecule has 0 aliphatic heterocycles. The summed E-state index contributed by atoms with van der Waals surface area (Å²) in [6, 6.07) is 8.87. The molecule has 0 spiro atoms. The zero-order valence-corrected chi connectivity index (χ0v) is 20.4. The van der Waals surface area contributed by atoms with Crippen molar-refractivity contribution >= 4 is 29.6 Å². The fourth-order valence-corrected chi connectivity index (χ4v) is 3.46. The van der Waals surface area contributed by atoms with Crippen molar-refractivity contribution in [2.75, 3.05) is 6.61 Å². The number of aliphatic hydroxyl groups excluding tert-OH is 1. The number of phenols is 1. The van der Waals surface area contributed by atoms with Crippen LogP contribution in [0, 0.1) is 0 Å². The number of carbonyl (C=O) groups is 5. The number of carbonyl (C=O) groups excluding carboxylic acids is 4. The van der Waals surface area contributed by atoms with Crippen molar-refractivity contribution in [2.24, 2.45) is 11.5 Å². The zero-order chi connectivity index (χ0) is 28.2. The van der Waals surface area contributed by atoms with Crippen LogP contribution in [0.25, 0.3) is 0 Å². The Morgan fingerprint density at radius 1 is 0.737 bits per heavy atom. The van der Waals surface area contributed by atoms with Gasteiger partial charge in [0, 0.05) is 6.42 Å². The Bertz CT molecular complexity index is 1130. The minimum absolute atomic E-state index is 0.0353. The molecular weight excluding hydrogens is 498 g/mol. The maximum absolute atomic E-state index is 12.8. The van der Waals surface area contributed by atoms with E-state index in [0.717, 1.165) is 0 Å². The molecule has 0 aromatic heterocycles. The van der Waals surface area contributed by atoms with Gasteiger partial charge in [-0.25, -0.2) is 4.79 Å². The van der Waals surface area contributed by atoms with Crippen LogP contribution in [-0.4, -0.2) is 75.7 Å². The molecule has 2 aromatic rings. The Morgan fingerprint density at radius 3 is 1.82 bits per heavy atom. The number of carboxylic acids is 1. The summed E-state index contributed by atoms with van der Waals surface area (Å²) < 4.78 is 0. The SMILES string of the molecule is NC(=O)CC(NC(=O)C(CO)NC(=O)C(N)Cc1ccc(O)cc1)C(=O)NC(Cc1ccccc1)C(=O)O. The van der Waals surface area contributed by atoms with Gasteiger partial charge in [0.15, 0.2) is 0 Å². The largest absolute Gasteiger partial charge is 0.508 e. The average Bonchev–Trinajstić information content (AvgIpc) is 2.87. The van der Waals surface area contributed by atoms with Gasteiger partial charge in [-0.15, -0.1) is 0 Å². The van der Waals surface area contributed by atoms with Crippen molar-refractivity contribution in [3.63, 3.8) is 0 Å². The number of aromatic hydroxyl groups is 1. The van der Waals surface area contributed by atoms with E-state index >= 15 is 0 Å². The summed E-state index contributed by atoms with van der Waals surface area (Å²) in [7, 11) is 0. The van der Waals surface area contributed by atoms with Gasteiger partial charge in [-0.05, 0) is 29.7 Å². The Balaban J connectivity index is 2.04. The first-order valence-corrected chi connectivity index (χ1v) is 11.6. The van der Waals surface area contributed by atoms with E-state index in [2.05, 4.69) is 16.0 Å². The molecule has 0 saturated heterocycles. The van der Waals surface area contributed by atoms with E-state index in [0.29, 0.717) is 11.1 Å². The molecule has 0 radical (unpaired) electrons. The van der Waals surface area contributed by atoms with Crippen molar-refractivity contribution in [2.45, 2.75) is 43.4 Å². The number of aliphatic carboxylic acids is 1. The Morgan fingerprint density at radius 2 is 1.26 bits per heavy atom. The maximum atomic E-state index is 12.8. The standard InChI is InChI=1S/C25H31N5O8/c26-17(10-15-6-8-16(32)9-7-15)22(34)30-20(13-31)24(36)28-18(12-21(27)33)23(35)29-19(25(37)38)11-14-4-2-1-3-5-14/h1-9,17-20,31-32H,10-13,26H2,(H2,27,33)(H,28,36)(H,29,35)(H,30,34)(H,37,38). The second kappa shape index (κ2) is 14.3. The van der Waals surface area contributed by atoms with Crippen LogP contribution in [0.1, 0.15) is 17.5 Å². The van der Waals surface area contributed by atoms with Gasteiger partial charge in [-0.2, -0.15) is 0 Å². The number of phenolic OH excluding ortho intramolecular Hbond substituents is 1. The van der Waals surface area contributed by atoms with Gasteiger partial charge in [0.2, 0.25) is 23.6 Å². The highest BCUT2D eigenvalue weighted by molar-refractivity contribution is 5.96. The summed E-state index contributed by atoms with van der Waals surface area (Å²) in [4.78, 5) is 61.2. The van der Waals surface area contributed by atoms with Crippen LogP contribution in [-0.2, 0) is 36.8 Å². The number of benzene rings is 2. The quantitative estimate of drug-likeness (QED) is 0.134. The molecule has 0 aliphatic rings. The van der Waals surface area contributed by atoms with Crippen LogP contribution in [0.15, 0.2) is 54.6 Å². The van der Waals surface area contributed by atoms with Gasteiger partial charge in [0.05, 0.1) is 19.1 Å². The molecular formula is C25H31N5O8. The molecule has 10 N–H and O–H groups in total. The van der Waals surface area contributed by atoms with Gasteiger partial charge in [-0.1, -0.05) is 42.5 Å². The molecule has 13 nitrogen and oxygen atoms in total. The van der Waals surface area contributed by atoms with Gasteiger partial charge >= 0.3 is 5.97 Å². The van der Waals surface area contributed by atoms with Crippen LogP contribution >= 0.6 is 0 Å². The average molecular weight is 530 g/mol. The van der Waals surface area contributed by atoms with Crippen molar-refractivity contribution in [1.29, 1.82) is 0 Å². The molecule has 4 unspecified atom stereocenters. The van der Waals surface area contributed by atoms with E-state index in [4.69, 9.17) is 11.5 Å². The van der Waals surface area contributed by atoms with Crippen LogP contribution in [0.3, 0.4) is 0 Å². The van der Waals surface area contributed by atoms with Gasteiger partial charge in [0.25, 0.3) is 0 Å². The fraction of sp³-hybridized carbons (Fsp3) is 0.320. The molecule has 204 valence electrons. The Kier molecular flexibility index (Phi) is 11.2. The first-order chi connectivity index (χ1) is 18.0. The van der Waals surface area contributed by atoms with Crippen LogP contribution in [0.2, 0.25) is 0 Å². The lowest BCUT2D eigenvalue weighted by molar-refractivity contribution is -0.142. The first kappa shape index (κ1) is 29.7. The minimum atomic E-state index is -1.57. The van der Waals surface area contributed by atoms with Crippen molar-refractivity contribution in [1.82, 2.24) is 16.0 Å². The van der Waals surface area contributed by atoms with Crippen molar-refractivity contribution < 1.29 is 39.3 Å². The molecule has 2 aromatic carbocycles. The third-order valence-corrected chi connectivity index (χ3v) is 5.48. The lowest BCUT2D eigenvalue weighted by Gasteiger charge is -2.24. The second-order valence-electron chi connectivity index (χ2n) is 8.54. The Labute approximate surface area is 218 Å². The highest BCUT2D eigenvalue weighted by Gasteiger charge is 2.31. The van der Waals surface area contributed by atoms with Crippen LogP contribution in [0.4, 0.5) is 0 Å². The summed E-state index contributed by atoms with van der Waals surface area (Å²) >= 11 is 0. The summed E-state index contributed by atoms with van der Waals surface area (Å²) in [6.07, 6.45) is -0.661. The number of rotatable bonds is 14. The highest BCUT2D eigenvalue weighted by atomic mass is 16.4. The number of aliphatic hydroxyl groups is 1. The van der Waals surface area contributed by atoms with E-state index in [1.165, 1.54) is 12.1 Å². The van der Waals surface area contributed by atoms with Gasteiger partial charge < -0.3 is 42.7 Å². The zero-order valence-electron chi connectivity index (χ0n) is 20.4. The highest BCUT2D eigenvalue weighted by Crippen LogP contribution is 2.11. The second-order valence-corrected chi connectivity index (χ2v) is 8.54. The first-order valence-electron chi connectivity index (χ1n) is 11.6. The number of hydrogen-bond donors (Lipinski definition) is 8. The predicted molar refractivity (Wildman–Crippen MR) is 134 cm³/mol. The number of amides is 4. The number of nitrogens with two attached hydrogens (primary N) is 2. The molecule has 38 heavy (non-hydrogen) atoms. The molecule has 0 saturated carbocycles. The summed E-state index contributed by atoms with van der Waals surface area (Å²) in [5.74, 6) is -5.05. The third kappa shape index (κ3) is 9.52. The smallest absolute Gasteiger partial charge is 0.326 e. The topological polar surface area (TPSA) is 234 Å². The number of primary amides is 1. The molecule has 0 fully saturated rings. The summed E-state index contributed by atoms with van der Waals surface area (Å²) in [5.41, 5.74) is 12.3. The molecule has 0 aliphatic carbocycles. The molecule has 0 heterocycles. The molecule has 4 amide bonds. The summed E-state index contributed by atoms with van der Waals surface area (Å²) in [6.45, 7) is -0.861. The van der Waals surface area contributed by atoms with Crippen LogP contribution < -0.4 is 27.4 Å². The Hall–Kier alpha value is -4.49. The molecule has 2 rings (SSSR count). The monoisotopic (exact) mass is 529 g/mol. The van der Waals surface area contributed by atoms with Crippen LogP contribution in [0.5, 0.6) is 5.75 Å². The van der Waals surface area contributed by atoms with E-state index in [1.54, 1.807) is 42.5 Å². The lowest BCUT2D eigenvalue weighted by atomic mass is 10.0. The molecule has 13 heteroatoms. The lowest BCUT2D eigenvalue weighted by Crippen LogP contribution is -2.59. The fourth-order valence-electron chi connectivity index (χ4n) is 3.46. The maximum Gasteiger partial charge on any atom is 0.326 e. The van der Waals surface area contributed by atoms with Crippen molar-refractivity contribution in [3.05, 3.63) is 65.7 Å². The predicted octanol–water partition coefficient (Wildman–Crippen LogP) is -2.09.